The molecule has 0 aromatic heterocycles. The molecule has 0 nitrogen and oxygen atoms in total. The maximum atomic E-state index is 5.54. The predicted octanol–water partition coefficient (Wildman–Crippen LogP) is 3.45. The largest absolute Gasteiger partial charge is 0.377 e. The second-order valence-corrected chi connectivity index (χ2v) is 5.54. The van der Waals surface area contributed by atoms with Gasteiger partial charge in [-0.15, -0.1) is 0 Å². The van der Waals surface area contributed by atoms with Crippen LogP contribution in [0.3, 0.4) is 0 Å². The van der Waals surface area contributed by atoms with E-state index in [1.807, 2.05) is 24.3 Å². The highest BCUT2D eigenvalue weighted by molar-refractivity contribution is 6.93. The van der Waals surface area contributed by atoms with Crippen LogP contribution < -0.4 is 0 Å². The maximum Gasteiger partial charge on any atom is 0.377 e. The van der Waals surface area contributed by atoms with Crippen molar-refractivity contribution >= 4 is 24.3 Å². The number of aryl methyl sites for hydroxylation is 1. The fourth-order valence-corrected chi connectivity index (χ4v) is 2.43. The molecule has 0 N–H and O–H groups in total. The molecule has 0 aliphatic heterocycles. The van der Waals surface area contributed by atoms with E-state index in [4.69, 9.17) is 10.0 Å². The summed E-state index contributed by atoms with van der Waals surface area (Å²) in [6.07, 6.45) is 0. The Hall–Kier alpha value is 0.0425. The van der Waals surface area contributed by atoms with Crippen molar-refractivity contribution < 1.29 is 0 Å². The zero-order valence-electron chi connectivity index (χ0n) is 8.68. The summed E-state index contributed by atoms with van der Waals surface area (Å²) in [6.45, 7) is 6.47. The van der Waals surface area contributed by atoms with Gasteiger partial charge in [-0.1, -0.05) is 54.9 Å². The first kappa shape index (κ1) is 13.0. The van der Waals surface area contributed by atoms with E-state index in [0.717, 1.165) is 5.92 Å². The van der Waals surface area contributed by atoms with Gasteiger partial charge in [-0.05, 0) is 13.0 Å². The highest BCUT2D eigenvalue weighted by Crippen LogP contribution is 1.98. The third kappa shape index (κ3) is 9.96. The quantitative estimate of drug-likeness (QED) is 0.658. The summed E-state index contributed by atoms with van der Waals surface area (Å²) in [6, 6.07) is 10.8. The third-order valence-corrected chi connectivity index (χ3v) is 3.60. The molecular formula is C11H17AlCl. The summed E-state index contributed by atoms with van der Waals surface area (Å²) < 4.78 is 0. The zero-order valence-corrected chi connectivity index (χ0v) is 10.8. The van der Waals surface area contributed by atoms with Gasteiger partial charge < -0.3 is 0 Å². The molecule has 0 saturated carbocycles. The van der Waals surface area contributed by atoms with E-state index >= 15 is 0 Å². The number of benzene rings is 1. The van der Waals surface area contributed by atoms with Crippen molar-refractivity contribution in [2.24, 2.45) is 5.92 Å². The normalized spacial score (nSPS) is 9.00. The molecule has 0 aliphatic rings. The summed E-state index contributed by atoms with van der Waals surface area (Å²) in [5.41, 5.74) is 1.29. The van der Waals surface area contributed by atoms with E-state index in [9.17, 15) is 0 Å². The lowest BCUT2D eigenvalue weighted by Crippen LogP contribution is -1.86. The van der Waals surface area contributed by atoms with Crippen LogP contribution in [0.1, 0.15) is 19.4 Å². The Morgan fingerprint density at radius 2 is 1.92 bits per heavy atom. The molecule has 1 radical (unpaired) electrons. The molecule has 0 unspecified atom stereocenters. The van der Waals surface area contributed by atoms with Crippen molar-refractivity contribution in [3.05, 3.63) is 35.9 Å². The highest BCUT2D eigenvalue weighted by atomic mass is 35.6. The lowest BCUT2D eigenvalue weighted by Gasteiger charge is -1.93. The van der Waals surface area contributed by atoms with Crippen LogP contribution in [0.5, 0.6) is 0 Å². The van der Waals surface area contributed by atoms with Gasteiger partial charge in [0.1, 0.15) is 0 Å². The number of hydrogen-bond donors (Lipinski definition) is 0. The molecule has 2 heteroatoms. The molecule has 1 aromatic carbocycles. The maximum absolute atomic E-state index is 5.54. The van der Waals surface area contributed by atoms with Gasteiger partial charge in [-0.2, -0.15) is 0 Å². The average Bonchev–Trinajstić information content (AvgIpc) is 2.06. The van der Waals surface area contributed by atoms with Crippen molar-refractivity contribution in [3.8, 4) is 0 Å². The second-order valence-electron chi connectivity index (χ2n) is 3.45. The van der Waals surface area contributed by atoms with Crippen molar-refractivity contribution in [3.63, 3.8) is 0 Å². The molecule has 0 aliphatic carbocycles. The topological polar surface area (TPSA) is 0 Å². The van der Waals surface area contributed by atoms with Crippen LogP contribution >= 0.6 is 10.0 Å². The fourth-order valence-electron chi connectivity index (χ4n) is 0.688. The first-order valence-corrected chi connectivity index (χ1v) is 7.79. The van der Waals surface area contributed by atoms with E-state index in [1.165, 1.54) is 10.8 Å². The van der Waals surface area contributed by atoms with E-state index in [2.05, 4.69) is 26.8 Å². The van der Waals surface area contributed by atoms with Crippen LogP contribution in [0.2, 0.25) is 5.28 Å². The standard InChI is InChI=1S/C7H7.C4H9.Al.ClH.H/c1-7-5-3-2-4-6-7;1-4(2)3;;;/h3-6H,1H3;4H,1H2,2-3H3;;1H;/q;;+1;;/p-1. The molecule has 1 rings (SSSR count). The minimum Gasteiger partial charge on any atom is -0.267 e. The molecular weight excluding hydrogens is 195 g/mol. The minimum absolute atomic E-state index is 0.161. The molecule has 0 saturated heterocycles. The van der Waals surface area contributed by atoms with Gasteiger partial charge >= 0.3 is 14.3 Å². The first-order chi connectivity index (χ1) is 6.16. The molecule has 1 aromatic rings. The second kappa shape index (κ2) is 8.63. The number of halogens is 1. The van der Waals surface area contributed by atoms with Gasteiger partial charge in [0.2, 0.25) is 0 Å². The zero-order chi connectivity index (χ0) is 10.1. The molecule has 0 amide bonds. The fraction of sp³-hybridized carbons (Fsp3) is 0.455. The molecule has 0 bridgehead atoms. The van der Waals surface area contributed by atoms with Crippen LogP contribution in [0.25, 0.3) is 0 Å². The van der Waals surface area contributed by atoms with Crippen molar-refractivity contribution in [1.29, 1.82) is 0 Å². The average molecular weight is 212 g/mol. The SMILES string of the molecule is CC(C)[CH2][AlH][Cl].Cc1cc[c]cc1. The van der Waals surface area contributed by atoms with Crippen LogP contribution in [0.4, 0.5) is 0 Å². The van der Waals surface area contributed by atoms with E-state index in [-0.39, 0.29) is 14.3 Å². The van der Waals surface area contributed by atoms with Gasteiger partial charge in [0.25, 0.3) is 0 Å². The summed E-state index contributed by atoms with van der Waals surface area (Å²) in [7, 11) is 5.54. The van der Waals surface area contributed by atoms with Gasteiger partial charge in [0, 0.05) is 0 Å². The van der Waals surface area contributed by atoms with Crippen LogP contribution in [0.15, 0.2) is 24.3 Å². The van der Waals surface area contributed by atoms with E-state index in [1.54, 1.807) is 0 Å². The van der Waals surface area contributed by atoms with Gasteiger partial charge in [0.15, 0.2) is 0 Å². The Kier molecular flexibility index (Phi) is 8.66. The third-order valence-electron chi connectivity index (χ3n) is 1.57. The van der Waals surface area contributed by atoms with E-state index < -0.39 is 0 Å². The van der Waals surface area contributed by atoms with Crippen molar-refractivity contribution in [1.82, 2.24) is 0 Å². The summed E-state index contributed by atoms with van der Waals surface area (Å²) in [5.74, 6) is 0.828. The van der Waals surface area contributed by atoms with Gasteiger partial charge in [-0.25, -0.2) is 0 Å². The number of rotatable bonds is 2. The van der Waals surface area contributed by atoms with Gasteiger partial charge in [0.05, 0.1) is 0 Å². The molecule has 0 heterocycles. The summed E-state index contributed by atoms with van der Waals surface area (Å²) >= 11 is -0.161. The summed E-state index contributed by atoms with van der Waals surface area (Å²) in [5, 5.41) is 1.28. The molecule has 0 atom stereocenters. The summed E-state index contributed by atoms with van der Waals surface area (Å²) in [4.78, 5) is 0. The monoisotopic (exact) mass is 211 g/mol. The lowest BCUT2D eigenvalue weighted by atomic mass is 10.2. The van der Waals surface area contributed by atoms with Crippen LogP contribution in [0, 0.1) is 18.9 Å². The Bertz CT molecular complexity index is 197. The molecule has 71 valence electrons. The highest BCUT2D eigenvalue weighted by Gasteiger charge is 1.91. The Morgan fingerprint density at radius 3 is 2.08 bits per heavy atom. The number of hydrogen-bond acceptors (Lipinski definition) is 0. The van der Waals surface area contributed by atoms with Crippen molar-refractivity contribution in [2.45, 2.75) is 26.1 Å². The predicted molar refractivity (Wildman–Crippen MR) is 62.7 cm³/mol. The lowest BCUT2D eigenvalue weighted by molar-refractivity contribution is 0.734. The smallest absolute Gasteiger partial charge is 0.267 e. The minimum atomic E-state index is -0.161. The van der Waals surface area contributed by atoms with E-state index in [0.29, 0.717) is 0 Å². The first-order valence-electron chi connectivity index (χ1n) is 4.65. The van der Waals surface area contributed by atoms with Crippen LogP contribution in [-0.4, -0.2) is 14.3 Å². The Labute approximate surface area is 92.2 Å². The Balaban J connectivity index is 0.000000226. The molecule has 0 fully saturated rings. The Morgan fingerprint density at radius 1 is 1.38 bits per heavy atom. The van der Waals surface area contributed by atoms with Gasteiger partial charge in [-0.3, -0.25) is 10.0 Å². The molecule has 0 spiro atoms. The van der Waals surface area contributed by atoms with Crippen LogP contribution in [-0.2, 0) is 0 Å². The van der Waals surface area contributed by atoms with Crippen molar-refractivity contribution in [2.75, 3.05) is 0 Å². The molecule has 13 heavy (non-hydrogen) atoms.